The summed E-state index contributed by atoms with van der Waals surface area (Å²) in [6.45, 7) is 8.59. The molecule has 1 amide bonds. The molecule has 0 N–H and O–H groups in total. The smallest absolute Gasteiger partial charge is 0.230 e. The number of thiophene rings is 1. The van der Waals surface area contributed by atoms with Crippen molar-refractivity contribution in [3.05, 3.63) is 68.6 Å². The van der Waals surface area contributed by atoms with Crippen molar-refractivity contribution in [1.29, 1.82) is 0 Å². The minimum absolute atomic E-state index is 0.0399. The Kier molecular flexibility index (Phi) is 7.07. The van der Waals surface area contributed by atoms with E-state index in [4.69, 9.17) is 4.98 Å². The molecule has 0 aliphatic rings. The third-order valence-electron chi connectivity index (χ3n) is 5.01. The van der Waals surface area contributed by atoms with Crippen molar-refractivity contribution in [1.82, 2.24) is 19.7 Å². The number of aromatic nitrogens is 4. The SMILES string of the molecule is CC(=O)N(c1nc(CSc2nncn2CCc2cccs2)cs1)c1c(C)cc(C)cc1C. The lowest BCUT2D eigenvalue weighted by Gasteiger charge is -2.23. The van der Waals surface area contributed by atoms with E-state index < -0.39 is 0 Å². The summed E-state index contributed by atoms with van der Waals surface area (Å²) >= 11 is 4.87. The normalized spacial score (nSPS) is 11.1. The first-order chi connectivity index (χ1) is 15.4. The van der Waals surface area contributed by atoms with Crippen LogP contribution >= 0.6 is 34.4 Å². The maximum Gasteiger partial charge on any atom is 0.230 e. The van der Waals surface area contributed by atoms with Crippen LogP contribution in [0.25, 0.3) is 0 Å². The van der Waals surface area contributed by atoms with Crippen LogP contribution in [0.2, 0.25) is 0 Å². The molecule has 0 spiro atoms. The Morgan fingerprint density at radius 2 is 1.97 bits per heavy atom. The third-order valence-corrected chi connectivity index (χ3v) is 7.84. The van der Waals surface area contributed by atoms with Gasteiger partial charge >= 0.3 is 0 Å². The van der Waals surface area contributed by atoms with Gasteiger partial charge in [-0.25, -0.2) is 4.98 Å². The molecule has 6 nitrogen and oxygen atoms in total. The van der Waals surface area contributed by atoms with Crippen molar-refractivity contribution < 1.29 is 4.79 Å². The summed E-state index contributed by atoms with van der Waals surface area (Å²) in [5.74, 6) is 0.633. The lowest BCUT2D eigenvalue weighted by Crippen LogP contribution is -2.24. The van der Waals surface area contributed by atoms with Crippen molar-refractivity contribution in [2.45, 2.75) is 51.6 Å². The van der Waals surface area contributed by atoms with Crippen LogP contribution in [0.15, 0.2) is 46.5 Å². The molecule has 0 bridgehead atoms. The number of aryl methyl sites for hydroxylation is 5. The lowest BCUT2D eigenvalue weighted by molar-refractivity contribution is -0.115. The Bertz CT molecular complexity index is 1190. The van der Waals surface area contributed by atoms with Gasteiger partial charge in [0.25, 0.3) is 0 Å². The molecule has 0 fully saturated rings. The zero-order chi connectivity index (χ0) is 22.7. The van der Waals surface area contributed by atoms with Crippen molar-refractivity contribution in [3.8, 4) is 0 Å². The number of hydrogen-bond acceptors (Lipinski definition) is 7. The first kappa shape index (κ1) is 22.7. The lowest BCUT2D eigenvalue weighted by atomic mass is 10.0. The second-order valence-corrected chi connectivity index (χ2v) is 10.5. The number of anilines is 2. The second-order valence-electron chi connectivity index (χ2n) is 7.65. The topological polar surface area (TPSA) is 63.9 Å². The van der Waals surface area contributed by atoms with Gasteiger partial charge in [-0.2, -0.15) is 0 Å². The molecule has 0 radical (unpaired) electrons. The summed E-state index contributed by atoms with van der Waals surface area (Å²) in [4.78, 5) is 20.4. The van der Waals surface area contributed by atoms with Gasteiger partial charge in [-0.1, -0.05) is 35.5 Å². The van der Waals surface area contributed by atoms with Crippen molar-refractivity contribution in [2.75, 3.05) is 4.90 Å². The highest BCUT2D eigenvalue weighted by Crippen LogP contribution is 2.35. The second kappa shape index (κ2) is 9.97. The van der Waals surface area contributed by atoms with Crippen LogP contribution < -0.4 is 4.90 Å². The van der Waals surface area contributed by atoms with E-state index in [0.29, 0.717) is 10.9 Å². The molecule has 0 aliphatic carbocycles. The van der Waals surface area contributed by atoms with Crippen LogP contribution in [0.3, 0.4) is 0 Å². The molecule has 32 heavy (non-hydrogen) atoms. The van der Waals surface area contributed by atoms with Crippen molar-refractivity contribution in [3.63, 3.8) is 0 Å². The molecular formula is C23H25N5OS3. The summed E-state index contributed by atoms with van der Waals surface area (Å²) < 4.78 is 2.08. The van der Waals surface area contributed by atoms with E-state index in [1.807, 2.05) is 19.2 Å². The summed E-state index contributed by atoms with van der Waals surface area (Å²) in [7, 11) is 0. The fourth-order valence-corrected chi connectivity index (χ4v) is 6.22. The standard InChI is InChI=1S/C23H25N5OS3/c1-15-10-16(2)21(17(3)11-15)28(18(4)29)22-25-19(12-31-22)13-32-23-26-24-14-27(23)8-7-20-6-5-9-30-20/h5-6,9-12,14H,7-8,13H2,1-4H3. The Labute approximate surface area is 200 Å². The highest BCUT2D eigenvalue weighted by molar-refractivity contribution is 7.98. The number of thiazole rings is 1. The monoisotopic (exact) mass is 483 g/mol. The van der Waals surface area contributed by atoms with Crippen LogP contribution in [0.4, 0.5) is 10.8 Å². The number of thioether (sulfide) groups is 1. The molecule has 0 atom stereocenters. The van der Waals surface area contributed by atoms with E-state index in [2.05, 4.69) is 51.3 Å². The summed E-state index contributed by atoms with van der Waals surface area (Å²) in [6, 6.07) is 8.43. The number of rotatable bonds is 8. The van der Waals surface area contributed by atoms with Gasteiger partial charge in [-0.05, 0) is 49.8 Å². The first-order valence-corrected chi connectivity index (χ1v) is 13.0. The van der Waals surface area contributed by atoms with E-state index in [1.54, 1.807) is 41.2 Å². The van der Waals surface area contributed by atoms with Gasteiger partial charge in [0.15, 0.2) is 10.3 Å². The largest absolute Gasteiger partial charge is 0.308 e. The molecule has 0 saturated heterocycles. The molecule has 0 unspecified atom stereocenters. The molecule has 3 aromatic heterocycles. The van der Waals surface area contributed by atoms with E-state index in [1.165, 1.54) is 21.8 Å². The zero-order valence-corrected chi connectivity index (χ0v) is 21.0. The number of benzene rings is 1. The van der Waals surface area contributed by atoms with Crippen LogP contribution in [0.1, 0.15) is 34.2 Å². The maximum absolute atomic E-state index is 12.6. The van der Waals surface area contributed by atoms with Gasteiger partial charge in [0.05, 0.1) is 11.4 Å². The molecule has 3 heterocycles. The molecular weight excluding hydrogens is 458 g/mol. The number of amides is 1. The quantitative estimate of drug-likeness (QED) is 0.290. The average Bonchev–Trinajstić information content (AvgIpc) is 3.49. The van der Waals surface area contributed by atoms with Gasteiger partial charge in [-0.15, -0.1) is 32.9 Å². The minimum Gasteiger partial charge on any atom is -0.308 e. The molecule has 166 valence electrons. The number of nitrogens with zero attached hydrogens (tertiary/aromatic N) is 5. The number of carbonyl (C=O) groups is 1. The van der Waals surface area contributed by atoms with Gasteiger partial charge in [-0.3, -0.25) is 9.69 Å². The van der Waals surface area contributed by atoms with Gasteiger partial charge in [0.2, 0.25) is 5.91 Å². The number of hydrogen-bond donors (Lipinski definition) is 0. The van der Waals surface area contributed by atoms with E-state index >= 15 is 0 Å². The van der Waals surface area contributed by atoms with Crippen LogP contribution in [0.5, 0.6) is 0 Å². The predicted molar refractivity (Wildman–Crippen MR) is 133 cm³/mol. The van der Waals surface area contributed by atoms with Gasteiger partial charge in [0.1, 0.15) is 6.33 Å². The summed E-state index contributed by atoms with van der Waals surface area (Å²) in [6.07, 6.45) is 2.75. The minimum atomic E-state index is -0.0399. The maximum atomic E-state index is 12.6. The van der Waals surface area contributed by atoms with Crippen LogP contribution in [-0.4, -0.2) is 25.7 Å². The van der Waals surface area contributed by atoms with Gasteiger partial charge < -0.3 is 4.57 Å². The Morgan fingerprint density at radius 1 is 1.19 bits per heavy atom. The zero-order valence-electron chi connectivity index (χ0n) is 18.5. The Balaban J connectivity index is 1.47. The van der Waals surface area contributed by atoms with Crippen molar-refractivity contribution >= 4 is 51.2 Å². The molecule has 4 rings (SSSR count). The van der Waals surface area contributed by atoms with Gasteiger partial charge in [0, 0.05) is 29.5 Å². The average molecular weight is 484 g/mol. The van der Waals surface area contributed by atoms with Crippen LogP contribution in [-0.2, 0) is 23.5 Å². The van der Waals surface area contributed by atoms with E-state index in [9.17, 15) is 4.79 Å². The fraction of sp³-hybridized carbons (Fsp3) is 0.304. The Morgan fingerprint density at radius 3 is 2.66 bits per heavy atom. The van der Waals surface area contributed by atoms with E-state index in [0.717, 1.165) is 40.6 Å². The highest BCUT2D eigenvalue weighted by Gasteiger charge is 2.22. The summed E-state index contributed by atoms with van der Waals surface area (Å²) in [5, 5.41) is 14.0. The molecule has 0 saturated carbocycles. The highest BCUT2D eigenvalue weighted by atomic mass is 32.2. The molecule has 1 aromatic carbocycles. The molecule has 0 aliphatic heterocycles. The first-order valence-electron chi connectivity index (χ1n) is 10.3. The third kappa shape index (κ3) is 5.11. The number of carbonyl (C=O) groups excluding carboxylic acids is 1. The predicted octanol–water partition coefficient (Wildman–Crippen LogP) is 5.94. The molecule has 9 heteroatoms. The Hall–Kier alpha value is -2.49. The molecule has 4 aromatic rings. The fourth-order valence-electron chi connectivity index (χ4n) is 3.71. The summed E-state index contributed by atoms with van der Waals surface area (Å²) in [5.41, 5.74) is 5.18. The van der Waals surface area contributed by atoms with E-state index in [-0.39, 0.29) is 5.91 Å². The van der Waals surface area contributed by atoms with Crippen LogP contribution in [0, 0.1) is 20.8 Å². The van der Waals surface area contributed by atoms with Crippen molar-refractivity contribution in [2.24, 2.45) is 0 Å².